The van der Waals surface area contributed by atoms with Crippen LogP contribution in [0.4, 0.5) is 19.0 Å². The standard InChI is InChI=1S/C49H66F3N11O8/c1-29(2)61(3)34-8-10-40(63-17-12-38(48(63)69)59-45-35-24-32(49(50,51)52)7-9-37(35)56-28-57-45)39(25-34)60-46(67)31-22-33(23-31)58-42(65)13-18-70-20-21-71-19-16-54-41(64)11-15-55-47(68)36-26-43(66)62(4)44(36)30-6-5-14-53-27-30/h5-7,9,14,24,27-29,31,33-34,36,38-40,44H,8,10-13,15-23,25-26H2,1-4H3,(H,54,64)(H,55,68)(H,58,65)(H,60,67)(H,56,57,59)/t31?,33?,34-,36+,38+,39-,40+,44-/m1/s1. The van der Waals surface area contributed by atoms with Crippen molar-refractivity contribution in [3.63, 3.8) is 0 Å². The number of halogens is 3. The summed E-state index contributed by atoms with van der Waals surface area (Å²) < 4.78 is 51.8. The second kappa shape index (κ2) is 23.9. The molecule has 6 atom stereocenters. The molecule has 22 heteroatoms. The Bertz CT molecular complexity index is 2360. The normalized spacial score (nSPS) is 24.6. The van der Waals surface area contributed by atoms with E-state index in [1.54, 1.807) is 35.3 Å². The minimum Gasteiger partial charge on any atom is -0.379 e. The number of carbonyl (C=O) groups excluding carboxylic acids is 6. The van der Waals surface area contributed by atoms with E-state index < -0.39 is 29.7 Å². The molecule has 2 aliphatic heterocycles. The fourth-order valence-electron chi connectivity index (χ4n) is 10.1. The summed E-state index contributed by atoms with van der Waals surface area (Å²) in [5.74, 6) is -1.92. The summed E-state index contributed by atoms with van der Waals surface area (Å²) in [5, 5.41) is 15.0. The summed E-state index contributed by atoms with van der Waals surface area (Å²) in [5.41, 5.74) is 0.259. The van der Waals surface area contributed by atoms with E-state index in [2.05, 4.69) is 67.3 Å². The Kier molecular flexibility index (Phi) is 17.8. The van der Waals surface area contributed by atoms with Crippen LogP contribution in [0.3, 0.4) is 0 Å². The first-order valence-electron chi connectivity index (χ1n) is 24.5. The van der Waals surface area contributed by atoms with E-state index in [4.69, 9.17) is 9.47 Å². The Morgan fingerprint density at radius 3 is 2.39 bits per heavy atom. The number of benzene rings is 1. The molecule has 71 heavy (non-hydrogen) atoms. The van der Waals surface area contributed by atoms with Crippen molar-refractivity contribution in [1.82, 2.24) is 50.9 Å². The maximum absolute atomic E-state index is 14.0. The quantitative estimate of drug-likeness (QED) is 0.0914. The number of nitrogens with zero attached hydrogens (tertiary/aromatic N) is 6. The first kappa shape index (κ1) is 52.8. The molecule has 386 valence electrons. The zero-order chi connectivity index (χ0) is 50.8. The summed E-state index contributed by atoms with van der Waals surface area (Å²) in [4.78, 5) is 96.1. The third kappa shape index (κ3) is 13.5. The average Bonchev–Trinajstić information content (AvgIpc) is 3.84. The lowest BCUT2D eigenvalue weighted by Gasteiger charge is -2.45. The first-order chi connectivity index (χ1) is 34.0. The van der Waals surface area contributed by atoms with Crippen molar-refractivity contribution in [2.45, 2.75) is 120 Å². The Hall–Kier alpha value is -6.00. The smallest absolute Gasteiger partial charge is 0.379 e. The number of pyridine rings is 1. The molecule has 2 saturated heterocycles. The molecule has 0 bridgehead atoms. The second-order valence-corrected chi connectivity index (χ2v) is 19.2. The third-order valence-corrected chi connectivity index (χ3v) is 14.3. The van der Waals surface area contributed by atoms with E-state index in [0.29, 0.717) is 44.2 Å². The fourth-order valence-corrected chi connectivity index (χ4v) is 10.1. The van der Waals surface area contributed by atoms with Crippen LogP contribution in [0.2, 0.25) is 0 Å². The van der Waals surface area contributed by atoms with Crippen LogP contribution in [-0.4, -0.2) is 162 Å². The summed E-state index contributed by atoms with van der Waals surface area (Å²) in [7, 11) is 3.73. The number of alkyl halides is 3. The lowest BCUT2D eigenvalue weighted by molar-refractivity contribution is -0.137. The molecule has 4 fully saturated rings. The molecule has 5 N–H and O–H groups in total. The van der Waals surface area contributed by atoms with Gasteiger partial charge in [0.15, 0.2) is 0 Å². The van der Waals surface area contributed by atoms with Crippen molar-refractivity contribution in [3.05, 3.63) is 60.2 Å². The number of ether oxygens (including phenoxy) is 2. The topological polar surface area (TPSA) is 229 Å². The van der Waals surface area contributed by atoms with Crippen LogP contribution < -0.4 is 26.6 Å². The van der Waals surface area contributed by atoms with Gasteiger partial charge in [0, 0.05) is 87.8 Å². The lowest BCUT2D eigenvalue weighted by atomic mass is 9.78. The predicted molar refractivity (Wildman–Crippen MR) is 254 cm³/mol. The minimum absolute atomic E-state index is 0.0663. The molecular weight excluding hydrogens is 928 g/mol. The minimum atomic E-state index is -4.56. The van der Waals surface area contributed by atoms with Crippen LogP contribution in [0.1, 0.15) is 88.8 Å². The maximum atomic E-state index is 14.0. The van der Waals surface area contributed by atoms with E-state index in [9.17, 15) is 41.9 Å². The molecule has 7 rings (SSSR count). The van der Waals surface area contributed by atoms with Crippen molar-refractivity contribution in [3.8, 4) is 0 Å². The SMILES string of the molecule is CC(C)N(C)[C@@H]1CC[C@H](N2CC[C@H](Nc3ncnc4ccc(C(F)(F)F)cc34)C2=O)[C@H](NC(=O)C2CC(NC(=O)CCOCCOCCNC(=O)CCNC(=O)[C@H]3CC(=O)N(C)[C@@H]3c3cccnc3)C2)C1. The molecule has 4 aliphatic rings. The predicted octanol–water partition coefficient (Wildman–Crippen LogP) is 2.96. The molecule has 4 heterocycles. The van der Waals surface area contributed by atoms with Crippen molar-refractivity contribution in [2.75, 3.05) is 65.5 Å². The number of likely N-dealkylation sites (tertiary alicyclic amines) is 2. The highest BCUT2D eigenvalue weighted by atomic mass is 19.4. The van der Waals surface area contributed by atoms with E-state index in [-0.39, 0.29) is 142 Å². The highest BCUT2D eigenvalue weighted by Crippen LogP contribution is 2.38. The van der Waals surface area contributed by atoms with E-state index in [0.717, 1.165) is 24.1 Å². The van der Waals surface area contributed by atoms with Gasteiger partial charge in [0.2, 0.25) is 35.4 Å². The summed E-state index contributed by atoms with van der Waals surface area (Å²) in [6.07, 6.45) is 3.75. The highest BCUT2D eigenvalue weighted by Gasteiger charge is 2.46. The van der Waals surface area contributed by atoms with Gasteiger partial charge >= 0.3 is 6.18 Å². The molecule has 0 spiro atoms. The monoisotopic (exact) mass is 994 g/mol. The van der Waals surface area contributed by atoms with Gasteiger partial charge < -0.3 is 50.8 Å². The number of fused-ring (bicyclic) bond motifs is 1. The van der Waals surface area contributed by atoms with Gasteiger partial charge in [-0.1, -0.05) is 6.07 Å². The summed E-state index contributed by atoms with van der Waals surface area (Å²) >= 11 is 0. The molecule has 3 aromatic rings. The second-order valence-electron chi connectivity index (χ2n) is 19.2. The molecule has 1 aromatic carbocycles. The molecule has 6 amide bonds. The fraction of sp³-hybridized carbons (Fsp3) is 0.612. The average molecular weight is 994 g/mol. The van der Waals surface area contributed by atoms with Gasteiger partial charge in [-0.2, -0.15) is 13.2 Å². The maximum Gasteiger partial charge on any atom is 0.416 e. The number of amides is 6. The van der Waals surface area contributed by atoms with Gasteiger partial charge in [0.05, 0.1) is 61.6 Å². The van der Waals surface area contributed by atoms with Gasteiger partial charge in [-0.3, -0.25) is 33.8 Å². The van der Waals surface area contributed by atoms with Gasteiger partial charge in [-0.05, 0) is 89.2 Å². The number of hydrogen-bond acceptors (Lipinski definition) is 13. The zero-order valence-electron chi connectivity index (χ0n) is 40.7. The van der Waals surface area contributed by atoms with Crippen LogP contribution in [0.25, 0.3) is 10.9 Å². The third-order valence-electron chi connectivity index (χ3n) is 14.3. The number of nitrogens with one attached hydrogen (secondary N) is 5. The summed E-state index contributed by atoms with van der Waals surface area (Å²) in [6, 6.07) is 5.39. The van der Waals surface area contributed by atoms with E-state index in [1.807, 2.05) is 6.07 Å². The molecule has 19 nitrogen and oxygen atoms in total. The lowest BCUT2D eigenvalue weighted by Crippen LogP contribution is -2.60. The van der Waals surface area contributed by atoms with Crippen molar-refractivity contribution < 1.29 is 51.4 Å². The van der Waals surface area contributed by atoms with Crippen molar-refractivity contribution in [2.24, 2.45) is 11.8 Å². The van der Waals surface area contributed by atoms with Crippen LogP contribution >= 0.6 is 0 Å². The summed E-state index contributed by atoms with van der Waals surface area (Å²) in [6.45, 7) is 5.96. The first-order valence-corrected chi connectivity index (χ1v) is 24.5. The number of aromatic nitrogens is 3. The number of carbonyl (C=O) groups is 6. The van der Waals surface area contributed by atoms with E-state index >= 15 is 0 Å². The van der Waals surface area contributed by atoms with Crippen LogP contribution in [-0.2, 0) is 44.4 Å². The van der Waals surface area contributed by atoms with Crippen LogP contribution in [0.15, 0.2) is 49.1 Å². The van der Waals surface area contributed by atoms with Crippen LogP contribution in [0.5, 0.6) is 0 Å². The van der Waals surface area contributed by atoms with Gasteiger partial charge in [0.25, 0.3) is 0 Å². The zero-order valence-corrected chi connectivity index (χ0v) is 40.7. The number of anilines is 1. The largest absolute Gasteiger partial charge is 0.416 e. The Labute approximate surface area is 411 Å². The van der Waals surface area contributed by atoms with Crippen LogP contribution in [0, 0.1) is 11.8 Å². The van der Waals surface area contributed by atoms with Crippen molar-refractivity contribution >= 4 is 52.2 Å². The van der Waals surface area contributed by atoms with E-state index in [1.165, 1.54) is 12.4 Å². The molecule has 2 aromatic heterocycles. The van der Waals surface area contributed by atoms with Gasteiger partial charge in [-0.15, -0.1) is 0 Å². The Balaban J connectivity index is 0.766. The van der Waals surface area contributed by atoms with Crippen molar-refractivity contribution in [1.29, 1.82) is 0 Å². The molecule has 2 aliphatic carbocycles. The highest BCUT2D eigenvalue weighted by molar-refractivity contribution is 5.94. The number of rotatable bonds is 22. The van der Waals surface area contributed by atoms with Gasteiger partial charge in [0.1, 0.15) is 18.2 Å². The molecule has 0 radical (unpaired) electrons. The molecule has 2 saturated carbocycles. The molecular formula is C49H66F3N11O8. The van der Waals surface area contributed by atoms with Gasteiger partial charge in [-0.25, -0.2) is 9.97 Å². The Morgan fingerprint density at radius 1 is 0.887 bits per heavy atom. The Morgan fingerprint density at radius 2 is 1.66 bits per heavy atom. The number of hydrogen-bond donors (Lipinski definition) is 5. The molecule has 0 unspecified atom stereocenters.